The molecule has 1 aromatic carbocycles. The summed E-state index contributed by atoms with van der Waals surface area (Å²) in [5.41, 5.74) is -1.08. The van der Waals surface area contributed by atoms with Crippen LogP contribution in [0.1, 0.15) is 17.5 Å². The van der Waals surface area contributed by atoms with Gasteiger partial charge in [-0.2, -0.15) is 13.2 Å². The van der Waals surface area contributed by atoms with E-state index >= 15 is 0 Å². The predicted octanol–water partition coefficient (Wildman–Crippen LogP) is 1.79. The van der Waals surface area contributed by atoms with Crippen LogP contribution >= 0.6 is 0 Å². The van der Waals surface area contributed by atoms with Crippen LogP contribution in [-0.2, 0) is 22.4 Å². The summed E-state index contributed by atoms with van der Waals surface area (Å²) in [7, 11) is -3.75. The quantitative estimate of drug-likeness (QED) is 0.898. The normalized spacial score (nSPS) is 21.9. The molecule has 0 radical (unpaired) electrons. The Bertz CT molecular complexity index is 563. The summed E-state index contributed by atoms with van der Waals surface area (Å²) in [5, 5.41) is 7.82. The highest BCUT2D eigenvalue weighted by molar-refractivity contribution is 7.92. The van der Waals surface area contributed by atoms with E-state index in [-0.39, 0.29) is 29.9 Å². The standard InChI is InChI=1S/C11H11F3O3S/c12-11(13,14)9-2-1-3-10-8(9)6-7(4-5-15)18(10,16)17/h1-3,7,15H,4-6H2. The van der Waals surface area contributed by atoms with Crippen LogP contribution in [0, 0.1) is 0 Å². The third-order valence-corrected chi connectivity index (χ3v) is 5.34. The third-order valence-electron chi connectivity index (χ3n) is 3.07. The van der Waals surface area contributed by atoms with Gasteiger partial charge in [0.25, 0.3) is 0 Å². The van der Waals surface area contributed by atoms with E-state index < -0.39 is 26.8 Å². The number of benzene rings is 1. The minimum atomic E-state index is -4.56. The molecule has 7 heteroatoms. The lowest BCUT2D eigenvalue weighted by Crippen LogP contribution is -2.18. The summed E-state index contributed by atoms with van der Waals surface area (Å²) in [6, 6.07) is 3.17. The zero-order valence-electron chi connectivity index (χ0n) is 9.24. The molecular weight excluding hydrogens is 269 g/mol. The van der Waals surface area contributed by atoms with Gasteiger partial charge in [-0.15, -0.1) is 0 Å². The zero-order valence-corrected chi connectivity index (χ0v) is 10.1. The molecule has 2 rings (SSSR count). The molecule has 0 saturated carbocycles. The van der Waals surface area contributed by atoms with Gasteiger partial charge in [-0.05, 0) is 30.5 Å². The van der Waals surface area contributed by atoms with E-state index in [0.29, 0.717) is 0 Å². The maximum absolute atomic E-state index is 12.8. The first-order valence-electron chi connectivity index (χ1n) is 5.32. The highest BCUT2D eigenvalue weighted by atomic mass is 32.2. The number of aliphatic hydroxyl groups excluding tert-OH is 1. The van der Waals surface area contributed by atoms with Gasteiger partial charge >= 0.3 is 6.18 Å². The molecule has 100 valence electrons. The lowest BCUT2D eigenvalue weighted by molar-refractivity contribution is -0.138. The highest BCUT2D eigenvalue weighted by Gasteiger charge is 2.43. The van der Waals surface area contributed by atoms with Crippen LogP contribution in [-0.4, -0.2) is 25.4 Å². The molecule has 0 aliphatic carbocycles. The average molecular weight is 280 g/mol. The molecule has 0 bridgehead atoms. The van der Waals surface area contributed by atoms with Crippen LogP contribution in [0.25, 0.3) is 0 Å². The highest BCUT2D eigenvalue weighted by Crippen LogP contribution is 2.41. The molecule has 0 saturated heterocycles. The fraction of sp³-hybridized carbons (Fsp3) is 0.455. The fourth-order valence-electron chi connectivity index (χ4n) is 2.23. The molecule has 1 aromatic rings. The first-order valence-corrected chi connectivity index (χ1v) is 6.87. The third kappa shape index (κ3) is 2.01. The number of halogens is 3. The largest absolute Gasteiger partial charge is 0.416 e. The topological polar surface area (TPSA) is 54.4 Å². The molecule has 1 N–H and O–H groups in total. The monoisotopic (exact) mass is 280 g/mol. The molecule has 1 unspecified atom stereocenters. The number of aliphatic hydroxyl groups is 1. The van der Waals surface area contributed by atoms with Crippen molar-refractivity contribution in [3.05, 3.63) is 29.3 Å². The first-order chi connectivity index (χ1) is 8.28. The van der Waals surface area contributed by atoms with Gasteiger partial charge in [0.2, 0.25) is 0 Å². The van der Waals surface area contributed by atoms with E-state index in [0.717, 1.165) is 12.1 Å². The van der Waals surface area contributed by atoms with Crippen molar-refractivity contribution in [3.63, 3.8) is 0 Å². The molecule has 18 heavy (non-hydrogen) atoms. The fourth-order valence-corrected chi connectivity index (χ4v) is 4.19. The van der Waals surface area contributed by atoms with E-state index in [2.05, 4.69) is 0 Å². The Morgan fingerprint density at radius 2 is 2.00 bits per heavy atom. The predicted molar refractivity (Wildman–Crippen MR) is 57.8 cm³/mol. The second-order valence-corrected chi connectivity index (χ2v) is 6.36. The van der Waals surface area contributed by atoms with Gasteiger partial charge in [0, 0.05) is 6.61 Å². The molecule has 1 aliphatic heterocycles. The van der Waals surface area contributed by atoms with Crippen LogP contribution in [0.5, 0.6) is 0 Å². The molecule has 1 atom stereocenters. The molecule has 1 heterocycles. The number of sulfone groups is 1. The summed E-state index contributed by atoms with van der Waals surface area (Å²) in [6.45, 7) is -0.362. The Labute approximate surface area is 102 Å². The summed E-state index contributed by atoms with van der Waals surface area (Å²) < 4.78 is 62.2. The van der Waals surface area contributed by atoms with E-state index in [1.165, 1.54) is 6.07 Å². The lowest BCUT2D eigenvalue weighted by Gasteiger charge is -2.10. The summed E-state index contributed by atoms with van der Waals surface area (Å²) in [6.07, 6.45) is -4.79. The Kier molecular flexibility index (Phi) is 3.14. The maximum atomic E-state index is 12.8. The minimum absolute atomic E-state index is 0.0473. The summed E-state index contributed by atoms with van der Waals surface area (Å²) in [4.78, 5) is -0.254. The van der Waals surface area contributed by atoms with Crippen molar-refractivity contribution in [1.29, 1.82) is 0 Å². The Hall–Kier alpha value is -1.08. The molecule has 0 aromatic heterocycles. The Morgan fingerprint density at radius 1 is 1.33 bits per heavy atom. The maximum Gasteiger partial charge on any atom is 0.416 e. The van der Waals surface area contributed by atoms with Crippen molar-refractivity contribution in [2.75, 3.05) is 6.61 Å². The molecule has 0 amide bonds. The molecule has 3 nitrogen and oxygen atoms in total. The second kappa shape index (κ2) is 4.24. The van der Waals surface area contributed by atoms with Crippen molar-refractivity contribution in [2.24, 2.45) is 0 Å². The van der Waals surface area contributed by atoms with Crippen molar-refractivity contribution < 1.29 is 26.7 Å². The lowest BCUT2D eigenvalue weighted by atomic mass is 10.0. The van der Waals surface area contributed by atoms with Gasteiger partial charge in [-0.3, -0.25) is 0 Å². The summed E-state index contributed by atoms with van der Waals surface area (Å²) >= 11 is 0. The number of hydrogen-bond donors (Lipinski definition) is 1. The van der Waals surface area contributed by atoms with E-state index in [1.807, 2.05) is 0 Å². The van der Waals surface area contributed by atoms with Gasteiger partial charge in [0.1, 0.15) is 0 Å². The van der Waals surface area contributed by atoms with E-state index in [1.54, 1.807) is 0 Å². The SMILES string of the molecule is O=S1(=O)c2cccc(C(F)(F)F)c2CC1CCO. The molecular formula is C11H11F3O3S. The van der Waals surface area contributed by atoms with Gasteiger partial charge in [-0.1, -0.05) is 6.07 Å². The number of fused-ring (bicyclic) bond motifs is 1. The van der Waals surface area contributed by atoms with Crippen LogP contribution in [0.15, 0.2) is 23.1 Å². The minimum Gasteiger partial charge on any atom is -0.396 e. The first kappa shape index (κ1) is 13.4. The van der Waals surface area contributed by atoms with Crippen molar-refractivity contribution in [3.8, 4) is 0 Å². The number of hydrogen-bond acceptors (Lipinski definition) is 3. The molecule has 0 spiro atoms. The Morgan fingerprint density at radius 3 is 2.56 bits per heavy atom. The van der Waals surface area contributed by atoms with E-state index in [4.69, 9.17) is 5.11 Å². The zero-order chi connectivity index (χ0) is 13.6. The van der Waals surface area contributed by atoms with Crippen molar-refractivity contribution in [2.45, 2.75) is 29.2 Å². The number of alkyl halides is 3. The van der Waals surface area contributed by atoms with Crippen molar-refractivity contribution >= 4 is 9.84 Å². The molecule has 1 aliphatic rings. The van der Waals surface area contributed by atoms with Crippen LogP contribution in [0.3, 0.4) is 0 Å². The van der Waals surface area contributed by atoms with Crippen molar-refractivity contribution in [1.82, 2.24) is 0 Å². The van der Waals surface area contributed by atoms with E-state index in [9.17, 15) is 21.6 Å². The average Bonchev–Trinajstić information content (AvgIpc) is 2.50. The molecule has 0 fully saturated rings. The Balaban J connectivity index is 2.58. The van der Waals surface area contributed by atoms with Gasteiger partial charge in [0.15, 0.2) is 9.84 Å². The van der Waals surface area contributed by atoms with Crippen LogP contribution < -0.4 is 0 Å². The van der Waals surface area contributed by atoms with Crippen LogP contribution in [0.2, 0.25) is 0 Å². The smallest absolute Gasteiger partial charge is 0.396 e. The number of rotatable bonds is 2. The van der Waals surface area contributed by atoms with Gasteiger partial charge < -0.3 is 5.11 Å². The van der Waals surface area contributed by atoms with Crippen LogP contribution in [0.4, 0.5) is 13.2 Å². The summed E-state index contributed by atoms with van der Waals surface area (Å²) in [5.74, 6) is 0. The van der Waals surface area contributed by atoms with Gasteiger partial charge in [-0.25, -0.2) is 8.42 Å². The van der Waals surface area contributed by atoms with Gasteiger partial charge in [0.05, 0.1) is 15.7 Å². The second-order valence-electron chi connectivity index (χ2n) is 4.16.